The predicted molar refractivity (Wildman–Crippen MR) is 94.6 cm³/mol. The maximum Gasteiger partial charge on any atom is 0.261 e. The molecule has 2 aromatic carbocycles. The number of carbonyl (C=O) groups excluding carboxylic acids is 3. The molecule has 1 aliphatic heterocycles. The van der Waals surface area contributed by atoms with Gasteiger partial charge in [0, 0.05) is 31.0 Å². The second-order valence-corrected chi connectivity index (χ2v) is 5.87. The first-order valence-corrected chi connectivity index (χ1v) is 8.09. The van der Waals surface area contributed by atoms with E-state index in [2.05, 4.69) is 15.3 Å². The van der Waals surface area contributed by atoms with E-state index in [9.17, 15) is 14.4 Å². The number of amides is 3. The van der Waals surface area contributed by atoms with Crippen LogP contribution >= 0.6 is 0 Å². The number of imide groups is 1. The minimum Gasteiger partial charge on any atom is -0.326 e. The number of benzene rings is 2. The van der Waals surface area contributed by atoms with Crippen molar-refractivity contribution in [2.24, 2.45) is 0 Å². The molecule has 2 heterocycles. The van der Waals surface area contributed by atoms with Crippen LogP contribution in [0.3, 0.4) is 0 Å². The molecule has 1 aromatic heterocycles. The smallest absolute Gasteiger partial charge is 0.261 e. The van der Waals surface area contributed by atoms with E-state index < -0.39 is 0 Å². The summed E-state index contributed by atoms with van der Waals surface area (Å²) in [6, 6.07) is 11.9. The minimum atomic E-state index is -0.362. The molecule has 1 N–H and O–H groups in total. The number of carbonyl (C=O) groups is 3. The van der Waals surface area contributed by atoms with Gasteiger partial charge in [-0.25, -0.2) is 0 Å². The van der Waals surface area contributed by atoms with Crippen molar-refractivity contribution in [2.75, 3.05) is 11.9 Å². The molecule has 0 aliphatic carbocycles. The summed E-state index contributed by atoms with van der Waals surface area (Å²) in [7, 11) is 0. The van der Waals surface area contributed by atoms with Crippen LogP contribution in [0.15, 0.2) is 54.9 Å². The zero-order valence-corrected chi connectivity index (χ0v) is 13.7. The van der Waals surface area contributed by atoms with Crippen molar-refractivity contribution in [2.45, 2.75) is 6.42 Å². The number of hydrogen-bond acceptors (Lipinski definition) is 5. The van der Waals surface area contributed by atoms with Gasteiger partial charge in [0.1, 0.15) is 0 Å². The number of hydrogen-bond donors (Lipinski definition) is 1. The fourth-order valence-corrected chi connectivity index (χ4v) is 2.92. The first-order chi connectivity index (χ1) is 12.6. The van der Waals surface area contributed by atoms with Crippen LogP contribution < -0.4 is 5.32 Å². The van der Waals surface area contributed by atoms with E-state index in [1.54, 1.807) is 54.9 Å². The number of fused-ring (bicyclic) bond motifs is 2. The first kappa shape index (κ1) is 15.9. The van der Waals surface area contributed by atoms with Gasteiger partial charge in [-0.3, -0.25) is 29.3 Å². The van der Waals surface area contributed by atoms with Crippen molar-refractivity contribution in [3.8, 4) is 0 Å². The third-order valence-electron chi connectivity index (χ3n) is 4.19. The van der Waals surface area contributed by atoms with Crippen LogP contribution in [-0.4, -0.2) is 39.1 Å². The molecule has 0 atom stereocenters. The number of aromatic nitrogens is 2. The van der Waals surface area contributed by atoms with Gasteiger partial charge in [-0.1, -0.05) is 12.1 Å². The molecule has 0 saturated heterocycles. The molecule has 0 spiro atoms. The number of rotatable bonds is 4. The van der Waals surface area contributed by atoms with Gasteiger partial charge in [0.2, 0.25) is 5.91 Å². The van der Waals surface area contributed by atoms with E-state index >= 15 is 0 Å². The van der Waals surface area contributed by atoms with Crippen molar-refractivity contribution in [1.29, 1.82) is 0 Å². The highest BCUT2D eigenvalue weighted by Gasteiger charge is 2.34. The molecular formula is C19H14N4O3. The Bertz CT molecular complexity index is 1010. The average molecular weight is 346 g/mol. The van der Waals surface area contributed by atoms with Crippen LogP contribution in [0, 0.1) is 0 Å². The monoisotopic (exact) mass is 346 g/mol. The zero-order chi connectivity index (χ0) is 18.1. The standard InChI is InChI=1S/C19H14N4O3/c24-17(22-12-5-6-15-16(11-12)21-9-8-20-15)7-10-23-18(25)13-3-1-2-4-14(13)19(23)26/h1-6,8-9,11H,7,10H2,(H,22,24). The summed E-state index contributed by atoms with van der Waals surface area (Å²) in [5, 5.41) is 2.75. The number of nitrogens with zero attached hydrogens (tertiary/aromatic N) is 3. The Balaban J connectivity index is 1.41. The van der Waals surface area contributed by atoms with Crippen LogP contribution in [-0.2, 0) is 4.79 Å². The van der Waals surface area contributed by atoms with Crippen LogP contribution in [0.2, 0.25) is 0 Å². The third-order valence-corrected chi connectivity index (χ3v) is 4.19. The lowest BCUT2D eigenvalue weighted by molar-refractivity contribution is -0.116. The van der Waals surface area contributed by atoms with E-state index in [0.717, 1.165) is 10.4 Å². The molecule has 7 nitrogen and oxygen atoms in total. The number of anilines is 1. The molecule has 7 heteroatoms. The molecule has 4 rings (SSSR count). The van der Waals surface area contributed by atoms with Crippen LogP contribution in [0.1, 0.15) is 27.1 Å². The van der Waals surface area contributed by atoms with E-state index in [4.69, 9.17) is 0 Å². The van der Waals surface area contributed by atoms with Crippen LogP contribution in [0.4, 0.5) is 5.69 Å². The molecule has 3 amide bonds. The summed E-state index contributed by atoms with van der Waals surface area (Å²) in [4.78, 5) is 46.2. The Morgan fingerprint density at radius 1 is 0.923 bits per heavy atom. The largest absolute Gasteiger partial charge is 0.326 e. The maximum atomic E-state index is 12.3. The molecule has 0 unspecified atom stereocenters. The molecule has 0 radical (unpaired) electrons. The summed E-state index contributed by atoms with van der Waals surface area (Å²) in [6.45, 7) is 0.0333. The van der Waals surface area contributed by atoms with E-state index in [1.807, 2.05) is 0 Å². The van der Waals surface area contributed by atoms with Gasteiger partial charge in [-0.2, -0.15) is 0 Å². The van der Waals surface area contributed by atoms with E-state index in [0.29, 0.717) is 22.3 Å². The highest BCUT2D eigenvalue weighted by Crippen LogP contribution is 2.22. The van der Waals surface area contributed by atoms with Gasteiger partial charge in [0.15, 0.2) is 0 Å². The van der Waals surface area contributed by atoms with Gasteiger partial charge in [0.05, 0.1) is 22.2 Å². The lowest BCUT2D eigenvalue weighted by Crippen LogP contribution is -2.32. The number of nitrogens with one attached hydrogen (secondary N) is 1. The SMILES string of the molecule is O=C(CCN1C(=O)c2ccccc2C1=O)Nc1ccc2nccnc2c1. The van der Waals surface area contributed by atoms with E-state index in [-0.39, 0.29) is 30.7 Å². The Morgan fingerprint density at radius 2 is 1.58 bits per heavy atom. The van der Waals surface area contributed by atoms with E-state index in [1.165, 1.54) is 0 Å². The first-order valence-electron chi connectivity index (χ1n) is 8.09. The molecule has 0 fully saturated rings. The molecule has 0 saturated carbocycles. The Kier molecular flexibility index (Phi) is 3.89. The lowest BCUT2D eigenvalue weighted by atomic mass is 10.1. The molecular weight excluding hydrogens is 332 g/mol. The predicted octanol–water partition coefficient (Wildman–Crippen LogP) is 2.25. The summed E-state index contributed by atoms with van der Waals surface area (Å²) in [5.74, 6) is -1.01. The van der Waals surface area contributed by atoms with Crippen molar-refractivity contribution in [1.82, 2.24) is 14.9 Å². The van der Waals surface area contributed by atoms with Crippen molar-refractivity contribution < 1.29 is 14.4 Å². The highest BCUT2D eigenvalue weighted by atomic mass is 16.2. The topological polar surface area (TPSA) is 92.3 Å². The minimum absolute atomic E-state index is 0.0178. The highest BCUT2D eigenvalue weighted by molar-refractivity contribution is 6.21. The quantitative estimate of drug-likeness (QED) is 0.732. The van der Waals surface area contributed by atoms with Crippen molar-refractivity contribution >= 4 is 34.4 Å². The van der Waals surface area contributed by atoms with Crippen LogP contribution in [0.5, 0.6) is 0 Å². The Labute approximate surface area is 148 Å². The second-order valence-electron chi connectivity index (χ2n) is 5.87. The van der Waals surface area contributed by atoms with Crippen LogP contribution in [0.25, 0.3) is 11.0 Å². The molecule has 26 heavy (non-hydrogen) atoms. The zero-order valence-electron chi connectivity index (χ0n) is 13.7. The fourth-order valence-electron chi connectivity index (χ4n) is 2.92. The van der Waals surface area contributed by atoms with Gasteiger partial charge in [-0.15, -0.1) is 0 Å². The summed E-state index contributed by atoms with van der Waals surface area (Å²) in [6.07, 6.45) is 3.20. The molecule has 0 bridgehead atoms. The average Bonchev–Trinajstić information content (AvgIpc) is 2.91. The van der Waals surface area contributed by atoms with Gasteiger partial charge in [-0.05, 0) is 30.3 Å². The molecule has 3 aromatic rings. The fraction of sp³-hybridized carbons (Fsp3) is 0.105. The second kappa shape index (κ2) is 6.36. The van der Waals surface area contributed by atoms with Gasteiger partial charge < -0.3 is 5.32 Å². The summed E-state index contributed by atoms with van der Waals surface area (Å²) >= 11 is 0. The van der Waals surface area contributed by atoms with Gasteiger partial charge >= 0.3 is 0 Å². The normalized spacial score (nSPS) is 13.2. The Morgan fingerprint density at radius 3 is 2.27 bits per heavy atom. The van der Waals surface area contributed by atoms with Crippen molar-refractivity contribution in [3.05, 3.63) is 66.0 Å². The summed E-state index contributed by atoms with van der Waals surface area (Å²) < 4.78 is 0. The lowest BCUT2D eigenvalue weighted by Gasteiger charge is -2.13. The Hall–Kier alpha value is -3.61. The van der Waals surface area contributed by atoms with Gasteiger partial charge in [0.25, 0.3) is 11.8 Å². The maximum absolute atomic E-state index is 12.3. The van der Waals surface area contributed by atoms with Crippen molar-refractivity contribution in [3.63, 3.8) is 0 Å². The molecule has 128 valence electrons. The molecule has 1 aliphatic rings. The third kappa shape index (κ3) is 2.79. The summed E-state index contributed by atoms with van der Waals surface area (Å²) in [5.41, 5.74) is 2.75.